The molecule has 0 aromatic rings. The number of fused-ring (bicyclic) bond motifs is 1. The second-order valence-electron chi connectivity index (χ2n) is 2.49. The Kier molecular flexibility index (Phi) is 1.39. The average Bonchev–Trinajstić information content (AvgIpc) is 2.49. The van der Waals surface area contributed by atoms with Crippen molar-refractivity contribution in [2.24, 2.45) is 15.4 Å². The van der Waals surface area contributed by atoms with Crippen LogP contribution < -0.4 is 0 Å². The van der Waals surface area contributed by atoms with Crippen molar-refractivity contribution in [1.29, 1.82) is 0 Å². The fourth-order valence-corrected chi connectivity index (χ4v) is 1.09. The molecule has 1 N–H and O–H groups in total. The first-order valence-electron chi connectivity index (χ1n) is 3.43. The highest BCUT2D eigenvalue weighted by Gasteiger charge is 2.23. The van der Waals surface area contributed by atoms with Gasteiger partial charge in [-0.05, 0) is 11.3 Å². The van der Waals surface area contributed by atoms with E-state index < -0.39 is 6.09 Å². The van der Waals surface area contributed by atoms with E-state index in [0.717, 1.165) is 0 Å². The first kappa shape index (κ1) is 6.96. The molecule has 0 saturated carbocycles. The van der Waals surface area contributed by atoms with Crippen LogP contribution in [0.25, 0.3) is 0 Å². The Morgan fingerprint density at radius 2 is 2.50 bits per heavy atom. The monoisotopic (exact) mass is 166 g/mol. The van der Waals surface area contributed by atoms with Gasteiger partial charge in [0.1, 0.15) is 11.4 Å². The van der Waals surface area contributed by atoms with Crippen LogP contribution in [0.5, 0.6) is 0 Å². The Balaban J connectivity index is 2.21. The van der Waals surface area contributed by atoms with Crippen molar-refractivity contribution in [1.82, 2.24) is 4.90 Å². The van der Waals surface area contributed by atoms with E-state index in [-0.39, 0.29) is 6.54 Å². The van der Waals surface area contributed by atoms with Gasteiger partial charge in [-0.1, -0.05) is 0 Å². The van der Waals surface area contributed by atoms with Gasteiger partial charge in [-0.25, -0.2) is 4.79 Å². The van der Waals surface area contributed by atoms with Crippen LogP contribution in [-0.2, 0) is 0 Å². The van der Waals surface area contributed by atoms with Gasteiger partial charge in [0.15, 0.2) is 0 Å². The van der Waals surface area contributed by atoms with E-state index in [1.54, 1.807) is 6.08 Å². The van der Waals surface area contributed by atoms with E-state index in [2.05, 4.69) is 15.4 Å². The van der Waals surface area contributed by atoms with Crippen LogP contribution in [0.15, 0.2) is 27.2 Å². The summed E-state index contributed by atoms with van der Waals surface area (Å²) in [5.41, 5.74) is 1.33. The largest absolute Gasteiger partial charge is 0.465 e. The van der Waals surface area contributed by atoms with E-state index in [0.29, 0.717) is 18.0 Å². The van der Waals surface area contributed by atoms with Crippen molar-refractivity contribution >= 4 is 11.8 Å². The Bertz CT molecular complexity index is 318. The molecule has 0 aliphatic carbocycles. The quantitative estimate of drug-likeness (QED) is 0.574. The summed E-state index contributed by atoms with van der Waals surface area (Å²) in [6.07, 6.45) is 0.757. The lowest BCUT2D eigenvalue weighted by Gasteiger charge is -2.20. The lowest BCUT2D eigenvalue weighted by Crippen LogP contribution is -2.37. The molecule has 2 aliphatic rings. The zero-order valence-corrected chi connectivity index (χ0v) is 6.14. The van der Waals surface area contributed by atoms with Gasteiger partial charge >= 0.3 is 6.09 Å². The minimum absolute atomic E-state index is 0.286. The summed E-state index contributed by atoms with van der Waals surface area (Å²) in [7, 11) is 0. The highest BCUT2D eigenvalue weighted by molar-refractivity contribution is 6.03. The molecule has 0 saturated heterocycles. The van der Waals surface area contributed by atoms with Gasteiger partial charge < -0.3 is 5.11 Å². The smallest absolute Gasteiger partial charge is 0.407 e. The molecular weight excluding hydrogens is 160 g/mol. The summed E-state index contributed by atoms with van der Waals surface area (Å²) in [6, 6.07) is 0. The van der Waals surface area contributed by atoms with Gasteiger partial charge in [0.2, 0.25) is 0 Å². The SMILES string of the molecule is O=C(O)N1CC=C2N=NN=C2C1. The highest BCUT2D eigenvalue weighted by Crippen LogP contribution is 2.15. The molecule has 6 heteroatoms. The van der Waals surface area contributed by atoms with Gasteiger partial charge in [0.05, 0.1) is 6.54 Å². The third kappa shape index (κ3) is 0.969. The van der Waals surface area contributed by atoms with Crippen LogP contribution in [0.3, 0.4) is 0 Å². The van der Waals surface area contributed by atoms with Gasteiger partial charge in [0.25, 0.3) is 0 Å². The van der Waals surface area contributed by atoms with Gasteiger partial charge in [-0.3, -0.25) is 4.90 Å². The molecule has 1 amide bonds. The molecule has 0 aromatic heterocycles. The minimum Gasteiger partial charge on any atom is -0.465 e. The van der Waals surface area contributed by atoms with Crippen molar-refractivity contribution in [3.63, 3.8) is 0 Å². The zero-order chi connectivity index (χ0) is 8.55. The van der Waals surface area contributed by atoms with Crippen molar-refractivity contribution in [2.45, 2.75) is 0 Å². The maximum absolute atomic E-state index is 10.5. The maximum atomic E-state index is 10.5. The third-order valence-electron chi connectivity index (χ3n) is 1.73. The molecule has 0 aromatic carbocycles. The summed E-state index contributed by atoms with van der Waals surface area (Å²) in [4.78, 5) is 11.8. The Hall–Kier alpha value is -1.72. The molecule has 2 aliphatic heterocycles. The van der Waals surface area contributed by atoms with Gasteiger partial charge in [-0.2, -0.15) is 0 Å². The van der Waals surface area contributed by atoms with Crippen molar-refractivity contribution < 1.29 is 9.90 Å². The zero-order valence-electron chi connectivity index (χ0n) is 6.14. The van der Waals surface area contributed by atoms with Crippen LogP contribution in [0.2, 0.25) is 0 Å². The Morgan fingerprint density at radius 1 is 1.67 bits per heavy atom. The molecular formula is C6H6N4O2. The number of carboxylic acid groups (broad SMARTS) is 1. The second kappa shape index (κ2) is 2.40. The number of hydrogen-bond donors (Lipinski definition) is 1. The predicted octanol–water partition coefficient (Wildman–Crippen LogP) is 0.686. The third-order valence-corrected chi connectivity index (χ3v) is 1.73. The molecule has 0 fully saturated rings. The molecule has 0 radical (unpaired) electrons. The summed E-state index contributed by atoms with van der Waals surface area (Å²) in [6.45, 7) is 0.650. The van der Waals surface area contributed by atoms with E-state index in [1.807, 2.05) is 0 Å². The average molecular weight is 166 g/mol. The highest BCUT2D eigenvalue weighted by atomic mass is 16.4. The van der Waals surface area contributed by atoms with Crippen molar-refractivity contribution in [2.75, 3.05) is 13.1 Å². The number of rotatable bonds is 0. The minimum atomic E-state index is -0.945. The first-order chi connectivity index (χ1) is 5.77. The molecule has 62 valence electrons. The molecule has 2 heterocycles. The number of hydrogen-bond acceptors (Lipinski definition) is 4. The number of amides is 1. The van der Waals surface area contributed by atoms with Crippen LogP contribution in [0, 0.1) is 0 Å². The molecule has 12 heavy (non-hydrogen) atoms. The second-order valence-corrected chi connectivity index (χ2v) is 2.49. The van der Waals surface area contributed by atoms with E-state index in [1.165, 1.54) is 4.90 Å². The van der Waals surface area contributed by atoms with Crippen molar-refractivity contribution in [3.8, 4) is 0 Å². The normalized spacial score (nSPS) is 20.2. The number of nitrogens with zero attached hydrogens (tertiary/aromatic N) is 4. The summed E-state index contributed by atoms with van der Waals surface area (Å²) < 4.78 is 0. The summed E-state index contributed by atoms with van der Waals surface area (Å²) in [5, 5.41) is 19.5. The van der Waals surface area contributed by atoms with Crippen LogP contribution in [0.1, 0.15) is 0 Å². The Morgan fingerprint density at radius 3 is 3.25 bits per heavy atom. The lowest BCUT2D eigenvalue weighted by molar-refractivity contribution is 0.156. The molecule has 2 rings (SSSR count). The topological polar surface area (TPSA) is 77.6 Å². The molecule has 0 unspecified atom stereocenters. The summed E-state index contributed by atoms with van der Waals surface area (Å²) >= 11 is 0. The molecule has 6 nitrogen and oxygen atoms in total. The molecule has 0 spiro atoms. The fourth-order valence-electron chi connectivity index (χ4n) is 1.09. The van der Waals surface area contributed by atoms with E-state index >= 15 is 0 Å². The van der Waals surface area contributed by atoms with Crippen LogP contribution >= 0.6 is 0 Å². The standard InChI is InChI=1S/C6H6N4O2/c11-6(12)10-2-1-4-5(3-10)8-9-7-4/h1H,2-3H2,(H,11,12). The van der Waals surface area contributed by atoms with E-state index in [4.69, 9.17) is 5.11 Å². The number of carbonyl (C=O) groups is 1. The van der Waals surface area contributed by atoms with Gasteiger partial charge in [0, 0.05) is 6.54 Å². The Labute approximate surface area is 67.9 Å². The summed E-state index contributed by atoms with van der Waals surface area (Å²) in [5.74, 6) is 0. The lowest BCUT2D eigenvalue weighted by atomic mass is 10.2. The molecule has 0 bridgehead atoms. The maximum Gasteiger partial charge on any atom is 0.407 e. The van der Waals surface area contributed by atoms with E-state index in [9.17, 15) is 4.79 Å². The molecule has 0 atom stereocenters. The van der Waals surface area contributed by atoms with Gasteiger partial charge in [-0.15, -0.1) is 10.2 Å². The van der Waals surface area contributed by atoms with Crippen LogP contribution in [-0.4, -0.2) is 34.9 Å². The fraction of sp³-hybridized carbons (Fsp3) is 0.333. The van der Waals surface area contributed by atoms with Crippen molar-refractivity contribution in [3.05, 3.63) is 11.8 Å². The van der Waals surface area contributed by atoms with Crippen LogP contribution in [0.4, 0.5) is 4.79 Å². The first-order valence-corrected chi connectivity index (χ1v) is 3.43. The predicted molar refractivity (Wildman–Crippen MR) is 40.0 cm³/mol.